The summed E-state index contributed by atoms with van der Waals surface area (Å²) in [6.07, 6.45) is 0.0679. The molecule has 1 heterocycles. The maximum absolute atomic E-state index is 12.1. The highest BCUT2D eigenvalue weighted by Gasteiger charge is 2.18. The lowest BCUT2D eigenvalue weighted by atomic mass is 10.2. The molecule has 0 radical (unpaired) electrons. The summed E-state index contributed by atoms with van der Waals surface area (Å²) in [5.41, 5.74) is 0.630. The van der Waals surface area contributed by atoms with Gasteiger partial charge in [-0.3, -0.25) is 4.79 Å². The van der Waals surface area contributed by atoms with Crippen molar-refractivity contribution in [3.05, 3.63) is 32.7 Å². The zero-order valence-corrected chi connectivity index (χ0v) is 13.8. The highest BCUT2D eigenvalue weighted by atomic mass is 79.9. The van der Waals surface area contributed by atoms with E-state index in [1.54, 1.807) is 12.1 Å². The fraction of sp³-hybridized carbons (Fsp3) is 0.462. The number of ether oxygens (including phenoxy) is 1. The summed E-state index contributed by atoms with van der Waals surface area (Å²) in [5.74, 6) is -0.0844. The third-order valence-corrected chi connectivity index (χ3v) is 3.87. The molecule has 1 aliphatic heterocycles. The van der Waals surface area contributed by atoms with Gasteiger partial charge < -0.3 is 15.0 Å². The zero-order valence-electron chi connectivity index (χ0n) is 10.7. The van der Waals surface area contributed by atoms with Gasteiger partial charge in [0.15, 0.2) is 0 Å². The van der Waals surface area contributed by atoms with Gasteiger partial charge in [-0.1, -0.05) is 31.9 Å². The van der Waals surface area contributed by atoms with Gasteiger partial charge in [-0.2, -0.15) is 0 Å². The number of morpholine rings is 1. The van der Waals surface area contributed by atoms with Gasteiger partial charge in [0.25, 0.3) is 5.91 Å². The molecule has 0 aromatic heterocycles. The third-order valence-electron chi connectivity index (χ3n) is 2.96. The van der Waals surface area contributed by atoms with E-state index in [1.165, 1.54) is 0 Å². The van der Waals surface area contributed by atoms with Crippen molar-refractivity contribution in [2.24, 2.45) is 0 Å². The van der Waals surface area contributed by atoms with E-state index in [0.717, 1.165) is 28.6 Å². The number of nitrogens with one attached hydrogen (secondary N) is 1. The number of rotatable bonds is 3. The first kappa shape index (κ1) is 15.0. The molecule has 1 fully saturated rings. The minimum Gasteiger partial charge on any atom is -0.374 e. The van der Waals surface area contributed by atoms with Crippen LogP contribution in [0.4, 0.5) is 0 Å². The molecule has 0 saturated carbocycles. The summed E-state index contributed by atoms with van der Waals surface area (Å²) >= 11 is 6.75. The number of benzene rings is 1. The van der Waals surface area contributed by atoms with Gasteiger partial charge in [0.1, 0.15) is 0 Å². The number of likely N-dealkylation sites (N-methyl/N-ethyl adjacent to an activating group) is 1. The van der Waals surface area contributed by atoms with Crippen LogP contribution in [0.1, 0.15) is 10.4 Å². The Kier molecular flexibility index (Phi) is 5.38. The number of amides is 1. The number of hydrogen-bond donors (Lipinski definition) is 1. The van der Waals surface area contributed by atoms with Crippen LogP contribution in [0, 0.1) is 0 Å². The molecule has 1 aromatic rings. The number of hydrogen-bond acceptors (Lipinski definition) is 3. The topological polar surface area (TPSA) is 41.6 Å². The van der Waals surface area contributed by atoms with Crippen molar-refractivity contribution < 1.29 is 9.53 Å². The predicted octanol–water partition coefficient (Wildman–Crippen LogP) is 2.27. The monoisotopic (exact) mass is 390 g/mol. The first-order chi connectivity index (χ1) is 9.04. The molecule has 1 unspecified atom stereocenters. The van der Waals surface area contributed by atoms with Crippen molar-refractivity contribution in [1.82, 2.24) is 10.2 Å². The molecule has 1 aliphatic rings. The van der Waals surface area contributed by atoms with Crippen LogP contribution < -0.4 is 5.32 Å². The van der Waals surface area contributed by atoms with Crippen molar-refractivity contribution in [2.75, 3.05) is 33.3 Å². The van der Waals surface area contributed by atoms with Gasteiger partial charge in [0.05, 0.1) is 12.7 Å². The van der Waals surface area contributed by atoms with Gasteiger partial charge in [-0.25, -0.2) is 0 Å². The van der Waals surface area contributed by atoms with Crippen molar-refractivity contribution in [3.8, 4) is 0 Å². The van der Waals surface area contributed by atoms with E-state index >= 15 is 0 Å². The second-order valence-electron chi connectivity index (χ2n) is 4.62. The normalized spacial score (nSPS) is 20.3. The molecule has 1 N–H and O–H groups in total. The van der Waals surface area contributed by atoms with Gasteiger partial charge >= 0.3 is 0 Å². The van der Waals surface area contributed by atoms with Gasteiger partial charge in [0.2, 0.25) is 0 Å². The van der Waals surface area contributed by atoms with E-state index in [9.17, 15) is 4.79 Å². The van der Waals surface area contributed by atoms with Crippen molar-refractivity contribution in [2.45, 2.75) is 6.10 Å². The molecule has 104 valence electrons. The molecule has 1 atom stereocenters. The fourth-order valence-corrected chi connectivity index (χ4v) is 3.28. The summed E-state index contributed by atoms with van der Waals surface area (Å²) in [7, 11) is 2.06. The Morgan fingerprint density at radius 1 is 1.42 bits per heavy atom. The van der Waals surface area contributed by atoms with Gasteiger partial charge in [-0.15, -0.1) is 0 Å². The number of carbonyl (C=O) groups is 1. The van der Waals surface area contributed by atoms with E-state index in [2.05, 4.69) is 49.1 Å². The van der Waals surface area contributed by atoms with Crippen LogP contribution in [0.15, 0.2) is 27.1 Å². The minimum absolute atomic E-state index is 0.0679. The van der Waals surface area contributed by atoms with Gasteiger partial charge in [-0.05, 0) is 25.2 Å². The van der Waals surface area contributed by atoms with E-state index in [0.29, 0.717) is 12.1 Å². The Labute approximate surface area is 129 Å². The van der Waals surface area contributed by atoms with Crippen LogP contribution in [0.5, 0.6) is 0 Å². The number of carbonyl (C=O) groups excluding carboxylic acids is 1. The molecule has 2 rings (SSSR count). The molecule has 4 nitrogen and oxygen atoms in total. The predicted molar refractivity (Wildman–Crippen MR) is 81.4 cm³/mol. The average Bonchev–Trinajstić information content (AvgIpc) is 2.35. The zero-order chi connectivity index (χ0) is 13.8. The lowest BCUT2D eigenvalue weighted by Gasteiger charge is -2.30. The first-order valence-corrected chi connectivity index (χ1v) is 7.67. The Hall–Kier alpha value is -0.430. The van der Waals surface area contributed by atoms with E-state index in [4.69, 9.17) is 4.74 Å². The fourth-order valence-electron chi connectivity index (χ4n) is 1.98. The number of nitrogens with zero attached hydrogens (tertiary/aromatic N) is 1. The maximum atomic E-state index is 12.1. The Morgan fingerprint density at radius 3 is 2.74 bits per heavy atom. The van der Waals surface area contributed by atoms with Crippen molar-refractivity contribution in [1.29, 1.82) is 0 Å². The van der Waals surface area contributed by atoms with Crippen molar-refractivity contribution >= 4 is 37.8 Å². The highest BCUT2D eigenvalue weighted by molar-refractivity contribution is 9.11. The van der Waals surface area contributed by atoms with Crippen LogP contribution in [0.3, 0.4) is 0 Å². The molecular formula is C13H16Br2N2O2. The summed E-state index contributed by atoms with van der Waals surface area (Å²) < 4.78 is 7.36. The van der Waals surface area contributed by atoms with Crippen LogP contribution >= 0.6 is 31.9 Å². The lowest BCUT2D eigenvalue weighted by molar-refractivity contribution is -0.0175. The van der Waals surface area contributed by atoms with Crippen LogP contribution in [0.25, 0.3) is 0 Å². The smallest absolute Gasteiger partial charge is 0.251 e. The molecule has 6 heteroatoms. The third kappa shape index (κ3) is 4.56. The molecule has 1 aromatic carbocycles. The molecule has 0 bridgehead atoms. The SMILES string of the molecule is CN1CCOC(CNC(=O)c2cc(Br)cc(Br)c2)C1. The quantitative estimate of drug-likeness (QED) is 0.859. The van der Waals surface area contributed by atoms with E-state index in [-0.39, 0.29) is 12.0 Å². The van der Waals surface area contributed by atoms with Crippen LogP contribution in [0.2, 0.25) is 0 Å². The minimum atomic E-state index is -0.0844. The van der Waals surface area contributed by atoms with Crippen LogP contribution in [-0.2, 0) is 4.74 Å². The summed E-state index contributed by atoms with van der Waals surface area (Å²) in [5, 5.41) is 2.91. The Bertz CT molecular complexity index is 448. The van der Waals surface area contributed by atoms with E-state index in [1.807, 2.05) is 6.07 Å². The summed E-state index contributed by atoms with van der Waals surface area (Å²) in [4.78, 5) is 14.3. The molecule has 0 aliphatic carbocycles. The highest BCUT2D eigenvalue weighted by Crippen LogP contribution is 2.20. The molecule has 0 spiro atoms. The van der Waals surface area contributed by atoms with Crippen LogP contribution in [-0.4, -0.2) is 50.2 Å². The first-order valence-electron chi connectivity index (χ1n) is 6.09. The van der Waals surface area contributed by atoms with Crippen molar-refractivity contribution in [3.63, 3.8) is 0 Å². The number of halogens is 2. The lowest BCUT2D eigenvalue weighted by Crippen LogP contribution is -2.45. The second kappa shape index (κ2) is 6.83. The summed E-state index contributed by atoms with van der Waals surface area (Å²) in [6, 6.07) is 5.50. The molecule has 1 amide bonds. The van der Waals surface area contributed by atoms with E-state index < -0.39 is 0 Å². The Balaban J connectivity index is 1.90. The van der Waals surface area contributed by atoms with Gasteiger partial charge in [0, 0.05) is 34.1 Å². The second-order valence-corrected chi connectivity index (χ2v) is 6.45. The molecule has 19 heavy (non-hydrogen) atoms. The molecular weight excluding hydrogens is 376 g/mol. The summed E-state index contributed by atoms with van der Waals surface area (Å²) in [6.45, 7) is 3.05. The average molecular weight is 392 g/mol. The largest absolute Gasteiger partial charge is 0.374 e. The standard InChI is InChI=1S/C13H16Br2N2O2/c1-17-2-3-19-12(8-17)7-16-13(18)9-4-10(14)6-11(15)5-9/h4-6,12H,2-3,7-8H2,1H3,(H,16,18). The maximum Gasteiger partial charge on any atom is 0.251 e. The Morgan fingerprint density at radius 2 is 2.11 bits per heavy atom. The molecule has 1 saturated heterocycles.